The number of hydrogen-bond donors (Lipinski definition) is 0. The number of aromatic nitrogens is 3. The van der Waals surface area contributed by atoms with E-state index >= 15 is 0 Å². The molecule has 0 aliphatic heterocycles. The predicted molar refractivity (Wildman–Crippen MR) is 73.3 cm³/mol. The molecule has 1 unspecified atom stereocenters. The molecule has 0 spiro atoms. The quantitative estimate of drug-likeness (QED) is 0.471. The van der Waals surface area contributed by atoms with Gasteiger partial charge in [0.2, 0.25) is 0 Å². The Balaban J connectivity index is 2.18. The Morgan fingerprint density at radius 3 is 2.95 bits per heavy atom. The van der Waals surface area contributed by atoms with Crippen LogP contribution in [0.1, 0.15) is 6.92 Å². The first kappa shape index (κ1) is 14.6. The zero-order valence-corrected chi connectivity index (χ0v) is 11.6. The van der Waals surface area contributed by atoms with Gasteiger partial charge in [0.1, 0.15) is 6.33 Å². The molecule has 0 amide bonds. The van der Waals surface area contributed by atoms with Crippen LogP contribution in [0.15, 0.2) is 30.6 Å². The summed E-state index contributed by atoms with van der Waals surface area (Å²) in [7, 11) is 1.33. The van der Waals surface area contributed by atoms with Gasteiger partial charge >= 0.3 is 5.97 Å². The molecule has 1 atom stereocenters. The minimum absolute atomic E-state index is 0.0215. The van der Waals surface area contributed by atoms with Gasteiger partial charge in [-0.15, -0.1) is 0 Å². The summed E-state index contributed by atoms with van der Waals surface area (Å²) < 4.78 is 6.15. The molecule has 0 saturated carbocycles. The minimum Gasteiger partial charge on any atom is -0.469 e. The molecule has 1 aromatic heterocycles. The summed E-state index contributed by atoms with van der Waals surface area (Å²) in [6, 6.07) is 6.07. The third kappa shape index (κ3) is 3.41. The molecular weight excluding hydrogens is 276 g/mol. The van der Waals surface area contributed by atoms with E-state index in [9.17, 15) is 14.9 Å². The van der Waals surface area contributed by atoms with Crippen LogP contribution in [-0.2, 0) is 16.1 Å². The Morgan fingerprint density at radius 2 is 2.29 bits per heavy atom. The number of nitrogens with zero attached hydrogens (tertiary/aromatic N) is 4. The van der Waals surface area contributed by atoms with Gasteiger partial charge in [0.25, 0.3) is 5.69 Å². The van der Waals surface area contributed by atoms with Crippen LogP contribution in [0.2, 0.25) is 0 Å². The van der Waals surface area contributed by atoms with Gasteiger partial charge < -0.3 is 4.74 Å². The van der Waals surface area contributed by atoms with Crippen molar-refractivity contribution >= 4 is 11.7 Å². The number of ether oxygens (including phenoxy) is 1. The summed E-state index contributed by atoms with van der Waals surface area (Å²) in [5.74, 6) is -0.312. The van der Waals surface area contributed by atoms with Crippen molar-refractivity contribution in [2.24, 2.45) is 5.92 Å². The number of benzene rings is 1. The molecule has 0 fully saturated rings. The SMILES string of the molecule is COC(=O)C(C)Cn1cnc(-c2cccc([N+](=O)[O-])c2)n1. The highest BCUT2D eigenvalue weighted by Gasteiger charge is 2.15. The van der Waals surface area contributed by atoms with E-state index in [0.717, 1.165) is 0 Å². The van der Waals surface area contributed by atoms with Crippen molar-refractivity contribution in [3.05, 3.63) is 40.7 Å². The van der Waals surface area contributed by atoms with Gasteiger partial charge in [-0.05, 0) is 0 Å². The van der Waals surface area contributed by atoms with E-state index in [-0.39, 0.29) is 17.6 Å². The Bertz CT molecular complexity index is 668. The van der Waals surface area contributed by atoms with Gasteiger partial charge in [-0.2, -0.15) is 5.10 Å². The highest BCUT2D eigenvalue weighted by molar-refractivity contribution is 5.71. The van der Waals surface area contributed by atoms with Gasteiger partial charge in [-0.3, -0.25) is 19.6 Å². The summed E-state index contributed by atoms with van der Waals surface area (Å²) in [6.45, 7) is 2.05. The summed E-state index contributed by atoms with van der Waals surface area (Å²) in [4.78, 5) is 25.7. The fourth-order valence-corrected chi connectivity index (χ4v) is 1.83. The number of nitro benzene ring substituents is 1. The molecule has 2 aromatic rings. The standard InChI is InChI=1S/C13H14N4O4/c1-9(13(18)21-2)7-16-8-14-12(15-16)10-4-3-5-11(6-10)17(19)20/h3-6,8-9H,7H2,1-2H3. The second kappa shape index (κ2) is 6.12. The molecule has 0 N–H and O–H groups in total. The molecule has 0 radical (unpaired) electrons. The smallest absolute Gasteiger partial charge is 0.310 e. The van der Waals surface area contributed by atoms with Crippen LogP contribution in [0.25, 0.3) is 11.4 Å². The van der Waals surface area contributed by atoms with E-state index in [1.54, 1.807) is 19.1 Å². The maximum absolute atomic E-state index is 11.4. The molecule has 8 heteroatoms. The maximum Gasteiger partial charge on any atom is 0.310 e. The first-order chi connectivity index (χ1) is 10.0. The highest BCUT2D eigenvalue weighted by Crippen LogP contribution is 2.20. The number of rotatable bonds is 5. The number of carbonyl (C=O) groups is 1. The van der Waals surface area contributed by atoms with Crippen molar-refractivity contribution in [3.63, 3.8) is 0 Å². The molecule has 2 rings (SSSR count). The van der Waals surface area contributed by atoms with Crippen LogP contribution in [0.4, 0.5) is 5.69 Å². The normalized spacial score (nSPS) is 11.9. The van der Waals surface area contributed by atoms with Crippen LogP contribution >= 0.6 is 0 Å². The Kier molecular flexibility index (Phi) is 4.27. The molecule has 0 aliphatic rings. The van der Waals surface area contributed by atoms with Crippen molar-refractivity contribution in [3.8, 4) is 11.4 Å². The molecule has 0 aliphatic carbocycles. The zero-order chi connectivity index (χ0) is 15.4. The molecule has 8 nitrogen and oxygen atoms in total. The van der Waals surface area contributed by atoms with Gasteiger partial charge in [0.05, 0.1) is 24.5 Å². The number of hydrogen-bond acceptors (Lipinski definition) is 6. The molecule has 1 aromatic carbocycles. The van der Waals surface area contributed by atoms with Crippen LogP contribution < -0.4 is 0 Å². The topological polar surface area (TPSA) is 100 Å². The van der Waals surface area contributed by atoms with Crippen LogP contribution in [0.3, 0.4) is 0 Å². The Morgan fingerprint density at radius 1 is 1.52 bits per heavy atom. The summed E-state index contributed by atoms with van der Waals surface area (Å²) in [6.07, 6.45) is 1.48. The van der Waals surface area contributed by atoms with E-state index in [2.05, 4.69) is 14.8 Å². The average molecular weight is 290 g/mol. The van der Waals surface area contributed by atoms with Crippen molar-refractivity contribution in [2.75, 3.05) is 7.11 Å². The van der Waals surface area contributed by atoms with E-state index in [0.29, 0.717) is 17.9 Å². The van der Waals surface area contributed by atoms with Crippen LogP contribution in [0, 0.1) is 16.0 Å². The van der Waals surface area contributed by atoms with Crippen molar-refractivity contribution < 1.29 is 14.5 Å². The lowest BCUT2D eigenvalue weighted by molar-refractivity contribution is -0.384. The molecule has 0 saturated heterocycles. The largest absolute Gasteiger partial charge is 0.469 e. The summed E-state index contributed by atoms with van der Waals surface area (Å²) >= 11 is 0. The molecule has 110 valence electrons. The Hall–Kier alpha value is -2.77. The fourth-order valence-electron chi connectivity index (χ4n) is 1.83. The lowest BCUT2D eigenvalue weighted by Gasteiger charge is -2.07. The van der Waals surface area contributed by atoms with Gasteiger partial charge in [-0.1, -0.05) is 19.1 Å². The van der Waals surface area contributed by atoms with Crippen molar-refractivity contribution in [1.82, 2.24) is 14.8 Å². The highest BCUT2D eigenvalue weighted by atomic mass is 16.6. The number of esters is 1. The number of methoxy groups -OCH3 is 1. The number of non-ortho nitro benzene ring substituents is 1. The summed E-state index contributed by atoms with van der Waals surface area (Å²) in [5, 5.41) is 15.0. The number of carbonyl (C=O) groups excluding carboxylic acids is 1. The average Bonchev–Trinajstić information content (AvgIpc) is 2.95. The van der Waals surface area contributed by atoms with Gasteiger partial charge in [0, 0.05) is 17.7 Å². The van der Waals surface area contributed by atoms with Crippen LogP contribution in [0.5, 0.6) is 0 Å². The van der Waals surface area contributed by atoms with Gasteiger partial charge in [0.15, 0.2) is 5.82 Å². The molecule has 21 heavy (non-hydrogen) atoms. The second-order valence-corrected chi connectivity index (χ2v) is 4.52. The molecule has 1 heterocycles. The van der Waals surface area contributed by atoms with E-state index in [1.807, 2.05) is 0 Å². The second-order valence-electron chi connectivity index (χ2n) is 4.52. The third-order valence-electron chi connectivity index (χ3n) is 2.92. The monoisotopic (exact) mass is 290 g/mol. The molecular formula is C13H14N4O4. The van der Waals surface area contributed by atoms with Gasteiger partial charge in [-0.25, -0.2) is 4.98 Å². The Labute approximate surface area is 120 Å². The maximum atomic E-state index is 11.4. The summed E-state index contributed by atoms with van der Waals surface area (Å²) in [5.41, 5.74) is 0.528. The van der Waals surface area contributed by atoms with E-state index < -0.39 is 4.92 Å². The molecule has 0 bridgehead atoms. The van der Waals surface area contributed by atoms with Crippen molar-refractivity contribution in [2.45, 2.75) is 13.5 Å². The number of nitro groups is 1. The lowest BCUT2D eigenvalue weighted by atomic mass is 10.2. The predicted octanol–water partition coefficient (Wildman–Crippen LogP) is 1.66. The fraction of sp³-hybridized carbons (Fsp3) is 0.308. The first-order valence-corrected chi connectivity index (χ1v) is 6.23. The third-order valence-corrected chi connectivity index (χ3v) is 2.92. The van der Waals surface area contributed by atoms with E-state index in [4.69, 9.17) is 0 Å². The first-order valence-electron chi connectivity index (χ1n) is 6.23. The van der Waals surface area contributed by atoms with Crippen LogP contribution in [-0.4, -0.2) is 32.8 Å². The lowest BCUT2D eigenvalue weighted by Crippen LogP contribution is -2.19. The minimum atomic E-state index is -0.472. The van der Waals surface area contributed by atoms with E-state index in [1.165, 1.54) is 30.3 Å². The zero-order valence-electron chi connectivity index (χ0n) is 11.6. The van der Waals surface area contributed by atoms with Crippen molar-refractivity contribution in [1.29, 1.82) is 0 Å².